The lowest BCUT2D eigenvalue weighted by molar-refractivity contribution is -0.123. The average Bonchev–Trinajstić information content (AvgIpc) is 3.03. The molecule has 2 aromatic carbocycles. The third-order valence-electron chi connectivity index (χ3n) is 5.11. The first kappa shape index (κ1) is 19.6. The number of piperidine rings is 1. The summed E-state index contributed by atoms with van der Waals surface area (Å²) < 4.78 is 5.61. The second-order valence-corrected chi connectivity index (χ2v) is 8.13. The van der Waals surface area contributed by atoms with Gasteiger partial charge in [0, 0.05) is 18.8 Å². The van der Waals surface area contributed by atoms with E-state index in [4.69, 9.17) is 4.74 Å². The number of hydrogen-bond acceptors (Lipinski definition) is 5. The molecule has 2 fully saturated rings. The van der Waals surface area contributed by atoms with Crippen molar-refractivity contribution in [1.29, 1.82) is 0 Å². The van der Waals surface area contributed by atoms with Gasteiger partial charge in [-0.1, -0.05) is 30.3 Å². The number of nitrogens with zero attached hydrogens (tertiary/aromatic N) is 2. The molecule has 29 heavy (non-hydrogen) atoms. The smallest absolute Gasteiger partial charge is 0.293 e. The quantitative estimate of drug-likeness (QED) is 0.643. The minimum absolute atomic E-state index is 0.241. The number of rotatable bonds is 6. The summed E-state index contributed by atoms with van der Waals surface area (Å²) in [4.78, 5) is 29.0. The Morgan fingerprint density at radius 3 is 2.38 bits per heavy atom. The van der Waals surface area contributed by atoms with Gasteiger partial charge in [-0.2, -0.15) is 0 Å². The van der Waals surface area contributed by atoms with Crippen molar-refractivity contribution < 1.29 is 14.3 Å². The Hall–Kier alpha value is -2.73. The Kier molecular flexibility index (Phi) is 6.20. The number of imide groups is 1. The molecule has 0 bridgehead atoms. The normalized spacial score (nSPS) is 18.6. The van der Waals surface area contributed by atoms with E-state index in [2.05, 4.69) is 17.0 Å². The maximum atomic E-state index is 12.6. The van der Waals surface area contributed by atoms with E-state index in [9.17, 15) is 9.59 Å². The van der Waals surface area contributed by atoms with E-state index in [1.807, 2.05) is 42.5 Å². The van der Waals surface area contributed by atoms with E-state index in [1.54, 1.807) is 6.08 Å². The molecule has 150 valence electrons. The predicted octanol–water partition coefficient (Wildman–Crippen LogP) is 4.79. The van der Waals surface area contributed by atoms with Gasteiger partial charge in [-0.05, 0) is 66.9 Å². The highest BCUT2D eigenvalue weighted by Crippen LogP contribution is 2.32. The molecule has 0 radical (unpaired) electrons. The lowest BCUT2D eigenvalue weighted by Crippen LogP contribution is -2.32. The van der Waals surface area contributed by atoms with E-state index < -0.39 is 0 Å². The van der Waals surface area contributed by atoms with Crippen LogP contribution in [0, 0.1) is 0 Å². The van der Waals surface area contributed by atoms with Gasteiger partial charge in [-0.25, -0.2) is 0 Å². The molecular weight excluding hydrogens is 384 g/mol. The maximum absolute atomic E-state index is 12.6. The number of hydrogen-bond donors (Lipinski definition) is 0. The zero-order valence-electron chi connectivity index (χ0n) is 16.3. The van der Waals surface area contributed by atoms with E-state index in [-0.39, 0.29) is 24.3 Å². The summed E-state index contributed by atoms with van der Waals surface area (Å²) in [5.41, 5.74) is 2.14. The summed E-state index contributed by atoms with van der Waals surface area (Å²) in [5.74, 6) is 0.473. The fourth-order valence-corrected chi connectivity index (χ4v) is 4.41. The number of para-hydroxylation sites is 1. The highest BCUT2D eigenvalue weighted by atomic mass is 32.2. The molecule has 4 rings (SSSR count). The topological polar surface area (TPSA) is 49.9 Å². The van der Waals surface area contributed by atoms with Crippen molar-refractivity contribution in [1.82, 2.24) is 4.90 Å². The zero-order chi connectivity index (χ0) is 20.1. The van der Waals surface area contributed by atoms with Crippen LogP contribution in [0.25, 0.3) is 6.08 Å². The van der Waals surface area contributed by atoms with Gasteiger partial charge >= 0.3 is 0 Å². The van der Waals surface area contributed by atoms with E-state index in [0.29, 0.717) is 4.91 Å². The first-order chi connectivity index (χ1) is 14.2. The zero-order valence-corrected chi connectivity index (χ0v) is 17.1. The Labute approximate surface area is 175 Å². The van der Waals surface area contributed by atoms with Crippen LogP contribution in [-0.4, -0.2) is 42.3 Å². The lowest BCUT2D eigenvalue weighted by atomic mass is 10.1. The molecule has 2 amide bonds. The standard InChI is InChI=1S/C23H24N2O3S/c26-22-21(17-18-9-11-19(12-10-18)24-13-5-2-6-14-24)29-23(27)25(22)15-16-28-20-7-3-1-4-8-20/h1,3-4,7-12,17H,2,5-6,13-16H2/b21-17-. The summed E-state index contributed by atoms with van der Waals surface area (Å²) in [6, 6.07) is 17.6. The summed E-state index contributed by atoms with van der Waals surface area (Å²) in [6.07, 6.45) is 5.58. The lowest BCUT2D eigenvalue weighted by Gasteiger charge is -2.28. The molecule has 5 nitrogen and oxygen atoms in total. The minimum atomic E-state index is -0.253. The molecule has 0 saturated carbocycles. The molecule has 0 unspecified atom stereocenters. The van der Waals surface area contributed by atoms with Crippen molar-refractivity contribution in [2.45, 2.75) is 19.3 Å². The van der Waals surface area contributed by atoms with Crippen LogP contribution < -0.4 is 9.64 Å². The van der Waals surface area contributed by atoms with Crippen LogP contribution >= 0.6 is 11.8 Å². The fourth-order valence-electron chi connectivity index (χ4n) is 3.55. The van der Waals surface area contributed by atoms with Gasteiger partial charge in [0.25, 0.3) is 11.1 Å². The molecular formula is C23H24N2O3S. The van der Waals surface area contributed by atoms with Crippen LogP contribution in [-0.2, 0) is 4.79 Å². The molecule has 2 saturated heterocycles. The van der Waals surface area contributed by atoms with Gasteiger partial charge in [0.15, 0.2) is 0 Å². The van der Waals surface area contributed by atoms with E-state index in [0.717, 1.165) is 36.2 Å². The van der Waals surface area contributed by atoms with Gasteiger partial charge in [-0.15, -0.1) is 0 Å². The van der Waals surface area contributed by atoms with Crippen LogP contribution in [0.3, 0.4) is 0 Å². The van der Waals surface area contributed by atoms with E-state index >= 15 is 0 Å². The van der Waals surface area contributed by atoms with Gasteiger partial charge in [-0.3, -0.25) is 14.5 Å². The summed E-state index contributed by atoms with van der Waals surface area (Å²) in [5, 5.41) is -0.247. The number of amides is 2. The van der Waals surface area contributed by atoms with Gasteiger partial charge < -0.3 is 9.64 Å². The first-order valence-electron chi connectivity index (χ1n) is 9.99. The first-order valence-corrected chi connectivity index (χ1v) is 10.8. The van der Waals surface area contributed by atoms with Crippen molar-refractivity contribution in [2.75, 3.05) is 31.1 Å². The van der Waals surface area contributed by atoms with Crippen LogP contribution in [0.5, 0.6) is 5.75 Å². The molecule has 0 aromatic heterocycles. The molecule has 0 N–H and O–H groups in total. The molecule has 6 heteroatoms. The minimum Gasteiger partial charge on any atom is -0.492 e. The summed E-state index contributed by atoms with van der Waals surface area (Å²) >= 11 is 0.988. The fraction of sp³-hybridized carbons (Fsp3) is 0.304. The second-order valence-electron chi connectivity index (χ2n) is 7.13. The molecule has 2 aliphatic heterocycles. The van der Waals surface area contributed by atoms with Crippen molar-refractivity contribution >= 4 is 34.7 Å². The number of carbonyl (C=O) groups excluding carboxylic acids is 2. The van der Waals surface area contributed by atoms with Crippen LogP contribution in [0.15, 0.2) is 59.5 Å². The number of anilines is 1. The van der Waals surface area contributed by atoms with Crippen molar-refractivity contribution in [2.24, 2.45) is 0 Å². The molecule has 2 aromatic rings. The Bertz CT molecular complexity index is 890. The number of benzene rings is 2. The Morgan fingerprint density at radius 2 is 1.66 bits per heavy atom. The largest absolute Gasteiger partial charge is 0.492 e. The van der Waals surface area contributed by atoms with Crippen LogP contribution in [0.4, 0.5) is 10.5 Å². The van der Waals surface area contributed by atoms with Gasteiger partial charge in [0.1, 0.15) is 12.4 Å². The third-order valence-corrected chi connectivity index (χ3v) is 6.02. The van der Waals surface area contributed by atoms with Gasteiger partial charge in [0.2, 0.25) is 0 Å². The molecule has 2 heterocycles. The second kappa shape index (κ2) is 9.18. The molecule has 0 aliphatic carbocycles. The predicted molar refractivity (Wildman–Crippen MR) is 117 cm³/mol. The summed E-state index contributed by atoms with van der Waals surface area (Å²) in [6.45, 7) is 2.72. The summed E-state index contributed by atoms with van der Waals surface area (Å²) in [7, 11) is 0. The van der Waals surface area contributed by atoms with Crippen LogP contribution in [0.2, 0.25) is 0 Å². The SMILES string of the molecule is O=C1S/C(=C\c2ccc(N3CCCCC3)cc2)C(=O)N1CCOc1ccccc1. The number of carbonyl (C=O) groups is 2. The Morgan fingerprint density at radius 1 is 0.931 bits per heavy atom. The van der Waals surface area contributed by atoms with Crippen molar-refractivity contribution in [3.63, 3.8) is 0 Å². The highest BCUT2D eigenvalue weighted by molar-refractivity contribution is 8.18. The molecule has 0 spiro atoms. The van der Waals surface area contributed by atoms with Crippen molar-refractivity contribution in [3.05, 3.63) is 65.1 Å². The van der Waals surface area contributed by atoms with Crippen LogP contribution in [0.1, 0.15) is 24.8 Å². The van der Waals surface area contributed by atoms with Gasteiger partial charge in [0.05, 0.1) is 11.4 Å². The Balaban J connectivity index is 1.36. The highest BCUT2D eigenvalue weighted by Gasteiger charge is 2.34. The molecule has 2 aliphatic rings. The van der Waals surface area contributed by atoms with Crippen molar-refractivity contribution in [3.8, 4) is 5.75 Å². The number of ether oxygens (including phenoxy) is 1. The average molecular weight is 409 g/mol. The monoisotopic (exact) mass is 408 g/mol. The third kappa shape index (κ3) is 4.82. The van der Waals surface area contributed by atoms with E-state index in [1.165, 1.54) is 29.8 Å². The maximum Gasteiger partial charge on any atom is 0.293 e. The number of thioether (sulfide) groups is 1. The molecule has 0 atom stereocenters.